The molecule has 1 aliphatic carbocycles. The SMILES string of the molecule is CC(=O)CCCCN1CCN(C2CC2)CC1. The van der Waals surface area contributed by atoms with Gasteiger partial charge in [-0.1, -0.05) is 0 Å². The summed E-state index contributed by atoms with van der Waals surface area (Å²) in [6.07, 6.45) is 5.88. The number of ketones is 1. The number of piperazine rings is 1. The fourth-order valence-corrected chi connectivity index (χ4v) is 2.50. The first-order chi connectivity index (χ1) is 7.75. The Labute approximate surface area is 98.8 Å². The van der Waals surface area contributed by atoms with Crippen LogP contribution in [-0.2, 0) is 4.79 Å². The lowest BCUT2D eigenvalue weighted by molar-refractivity contribution is -0.117. The lowest BCUT2D eigenvalue weighted by Crippen LogP contribution is -2.47. The van der Waals surface area contributed by atoms with E-state index in [1.807, 2.05) is 0 Å². The number of hydrogen-bond acceptors (Lipinski definition) is 3. The Morgan fingerprint density at radius 2 is 1.81 bits per heavy atom. The van der Waals surface area contributed by atoms with Crippen molar-refractivity contribution < 1.29 is 4.79 Å². The second kappa shape index (κ2) is 5.78. The zero-order valence-corrected chi connectivity index (χ0v) is 10.5. The normalized spacial score (nSPS) is 23.6. The summed E-state index contributed by atoms with van der Waals surface area (Å²) in [7, 11) is 0. The number of unbranched alkanes of at least 4 members (excludes halogenated alkanes) is 1. The van der Waals surface area contributed by atoms with E-state index in [2.05, 4.69) is 9.80 Å². The van der Waals surface area contributed by atoms with Gasteiger partial charge in [0.2, 0.25) is 0 Å². The quantitative estimate of drug-likeness (QED) is 0.639. The van der Waals surface area contributed by atoms with Crippen LogP contribution in [0.2, 0.25) is 0 Å². The van der Waals surface area contributed by atoms with Crippen molar-refractivity contribution in [3.8, 4) is 0 Å². The Kier molecular flexibility index (Phi) is 4.36. The summed E-state index contributed by atoms with van der Waals surface area (Å²) >= 11 is 0. The highest BCUT2D eigenvalue weighted by molar-refractivity contribution is 5.75. The molecule has 1 heterocycles. The average molecular weight is 224 g/mol. The van der Waals surface area contributed by atoms with Gasteiger partial charge in [0.15, 0.2) is 0 Å². The molecule has 1 saturated carbocycles. The largest absolute Gasteiger partial charge is 0.301 e. The van der Waals surface area contributed by atoms with E-state index >= 15 is 0 Å². The maximum Gasteiger partial charge on any atom is 0.129 e. The summed E-state index contributed by atoms with van der Waals surface area (Å²) in [5.41, 5.74) is 0. The summed E-state index contributed by atoms with van der Waals surface area (Å²) in [6.45, 7) is 7.86. The summed E-state index contributed by atoms with van der Waals surface area (Å²) < 4.78 is 0. The van der Waals surface area contributed by atoms with Crippen molar-refractivity contribution in [2.45, 2.75) is 45.1 Å². The minimum atomic E-state index is 0.332. The van der Waals surface area contributed by atoms with Crippen molar-refractivity contribution in [3.63, 3.8) is 0 Å². The van der Waals surface area contributed by atoms with Crippen LogP contribution >= 0.6 is 0 Å². The fraction of sp³-hybridized carbons (Fsp3) is 0.923. The third-order valence-electron chi connectivity index (χ3n) is 3.72. The second-order valence-electron chi connectivity index (χ2n) is 5.27. The molecule has 0 amide bonds. The van der Waals surface area contributed by atoms with Crippen LogP contribution in [0.3, 0.4) is 0 Å². The van der Waals surface area contributed by atoms with Crippen LogP contribution in [0.1, 0.15) is 39.0 Å². The molecule has 3 heteroatoms. The number of rotatable bonds is 6. The predicted molar refractivity (Wildman–Crippen MR) is 65.6 cm³/mol. The molecule has 1 aliphatic heterocycles. The number of hydrogen-bond donors (Lipinski definition) is 0. The molecule has 0 aromatic rings. The summed E-state index contributed by atoms with van der Waals surface area (Å²) in [5.74, 6) is 0.332. The van der Waals surface area contributed by atoms with E-state index in [0.29, 0.717) is 5.78 Å². The topological polar surface area (TPSA) is 23.6 Å². The van der Waals surface area contributed by atoms with E-state index in [1.165, 1.54) is 52.0 Å². The Morgan fingerprint density at radius 3 is 2.38 bits per heavy atom. The molecule has 0 aromatic heterocycles. The van der Waals surface area contributed by atoms with Gasteiger partial charge in [0.25, 0.3) is 0 Å². The summed E-state index contributed by atoms with van der Waals surface area (Å²) in [5, 5.41) is 0. The maximum absolute atomic E-state index is 10.8. The van der Waals surface area contributed by atoms with E-state index in [9.17, 15) is 4.79 Å². The third-order valence-corrected chi connectivity index (χ3v) is 3.72. The highest BCUT2D eigenvalue weighted by atomic mass is 16.1. The van der Waals surface area contributed by atoms with Gasteiger partial charge in [0.05, 0.1) is 0 Å². The Balaban J connectivity index is 1.53. The molecule has 2 aliphatic rings. The first-order valence-electron chi connectivity index (χ1n) is 6.71. The highest BCUT2D eigenvalue weighted by Gasteiger charge is 2.30. The molecule has 0 radical (unpaired) electrons. The van der Waals surface area contributed by atoms with Crippen LogP contribution in [0, 0.1) is 0 Å². The van der Waals surface area contributed by atoms with Gasteiger partial charge >= 0.3 is 0 Å². The molecule has 0 atom stereocenters. The number of Topliss-reactive ketones (excluding diaryl/α,β-unsaturated/α-hetero) is 1. The van der Waals surface area contributed by atoms with Gasteiger partial charge in [-0.25, -0.2) is 0 Å². The van der Waals surface area contributed by atoms with Crippen molar-refractivity contribution in [1.29, 1.82) is 0 Å². The molecule has 2 fully saturated rings. The van der Waals surface area contributed by atoms with E-state index in [0.717, 1.165) is 18.9 Å². The van der Waals surface area contributed by atoms with Crippen LogP contribution < -0.4 is 0 Å². The van der Waals surface area contributed by atoms with Crippen LogP contribution in [0.4, 0.5) is 0 Å². The van der Waals surface area contributed by atoms with Gasteiger partial charge < -0.3 is 9.69 Å². The molecule has 1 saturated heterocycles. The van der Waals surface area contributed by atoms with Gasteiger partial charge in [-0.15, -0.1) is 0 Å². The molecule has 0 aromatic carbocycles. The second-order valence-corrected chi connectivity index (χ2v) is 5.27. The van der Waals surface area contributed by atoms with Crippen molar-refractivity contribution in [2.24, 2.45) is 0 Å². The lowest BCUT2D eigenvalue weighted by Gasteiger charge is -2.34. The van der Waals surface area contributed by atoms with Gasteiger partial charge in [-0.2, -0.15) is 0 Å². The minimum absolute atomic E-state index is 0.332. The van der Waals surface area contributed by atoms with Gasteiger partial charge in [-0.05, 0) is 39.2 Å². The Bertz CT molecular complexity index is 230. The smallest absolute Gasteiger partial charge is 0.129 e. The van der Waals surface area contributed by atoms with Gasteiger partial charge in [0.1, 0.15) is 5.78 Å². The van der Waals surface area contributed by atoms with E-state index in [4.69, 9.17) is 0 Å². The first-order valence-corrected chi connectivity index (χ1v) is 6.71. The van der Waals surface area contributed by atoms with Crippen LogP contribution in [0.25, 0.3) is 0 Å². The monoisotopic (exact) mass is 224 g/mol. The van der Waals surface area contributed by atoms with E-state index in [1.54, 1.807) is 6.92 Å². The average Bonchev–Trinajstić information content (AvgIpc) is 3.09. The molecule has 0 unspecified atom stereocenters. The van der Waals surface area contributed by atoms with E-state index < -0.39 is 0 Å². The molecule has 3 nitrogen and oxygen atoms in total. The van der Waals surface area contributed by atoms with Gasteiger partial charge in [0, 0.05) is 38.6 Å². The van der Waals surface area contributed by atoms with Crippen molar-refractivity contribution >= 4 is 5.78 Å². The first kappa shape index (κ1) is 12.1. The molecule has 0 N–H and O–H groups in total. The lowest BCUT2D eigenvalue weighted by atomic mass is 10.2. The number of carbonyl (C=O) groups excluding carboxylic acids is 1. The third kappa shape index (κ3) is 3.87. The summed E-state index contributed by atoms with van der Waals surface area (Å²) in [4.78, 5) is 16.0. The molecular formula is C13H24N2O. The van der Waals surface area contributed by atoms with Crippen LogP contribution in [-0.4, -0.2) is 54.3 Å². The van der Waals surface area contributed by atoms with Crippen molar-refractivity contribution in [2.75, 3.05) is 32.7 Å². The summed E-state index contributed by atoms with van der Waals surface area (Å²) in [6, 6.07) is 0.930. The van der Waals surface area contributed by atoms with E-state index in [-0.39, 0.29) is 0 Å². The Morgan fingerprint density at radius 1 is 1.12 bits per heavy atom. The number of carbonyl (C=O) groups is 1. The van der Waals surface area contributed by atoms with Crippen LogP contribution in [0.15, 0.2) is 0 Å². The van der Waals surface area contributed by atoms with Gasteiger partial charge in [-0.3, -0.25) is 4.90 Å². The van der Waals surface area contributed by atoms with Crippen LogP contribution in [0.5, 0.6) is 0 Å². The highest BCUT2D eigenvalue weighted by Crippen LogP contribution is 2.27. The molecule has 16 heavy (non-hydrogen) atoms. The molecule has 92 valence electrons. The molecule has 0 bridgehead atoms. The predicted octanol–water partition coefficient (Wildman–Crippen LogP) is 1.53. The zero-order chi connectivity index (χ0) is 11.4. The standard InChI is InChI=1S/C13H24N2O/c1-12(16)4-2-3-7-14-8-10-15(11-9-14)13-5-6-13/h13H,2-11H2,1H3. The fourth-order valence-electron chi connectivity index (χ4n) is 2.50. The molecule has 2 rings (SSSR count). The zero-order valence-electron chi connectivity index (χ0n) is 10.5. The minimum Gasteiger partial charge on any atom is -0.301 e. The van der Waals surface area contributed by atoms with Crippen molar-refractivity contribution in [3.05, 3.63) is 0 Å². The number of nitrogens with zero attached hydrogens (tertiary/aromatic N) is 2. The molecule has 0 spiro atoms. The Hall–Kier alpha value is -0.410. The maximum atomic E-state index is 10.8. The van der Waals surface area contributed by atoms with Crippen molar-refractivity contribution in [1.82, 2.24) is 9.80 Å². The molecular weight excluding hydrogens is 200 g/mol.